The molecule has 1 aromatic carbocycles. The lowest BCUT2D eigenvalue weighted by atomic mass is 10.4. The monoisotopic (exact) mass is 323 g/mol. The predicted molar refractivity (Wildman–Crippen MR) is 85.2 cm³/mol. The molecule has 2 rings (SSSR count). The molecule has 0 unspecified atom stereocenters. The molecule has 0 atom stereocenters. The van der Waals surface area contributed by atoms with E-state index in [4.69, 9.17) is 11.6 Å². The number of hydrogen-bond acceptors (Lipinski definition) is 5. The fraction of sp³-hybridized carbons (Fsp3) is 0.214. The van der Waals surface area contributed by atoms with Gasteiger partial charge in [-0.3, -0.25) is 10.1 Å². The molecule has 0 saturated carbocycles. The molecule has 0 saturated heterocycles. The van der Waals surface area contributed by atoms with Crippen molar-refractivity contribution in [3.05, 3.63) is 51.5 Å². The number of halogens is 1. The first kappa shape index (κ1) is 15.6. The highest BCUT2D eigenvalue weighted by Crippen LogP contribution is 2.31. The molecule has 21 heavy (non-hydrogen) atoms. The Bertz CT molecular complexity index is 652. The van der Waals surface area contributed by atoms with Gasteiger partial charge < -0.3 is 5.32 Å². The first-order chi connectivity index (χ1) is 10.1. The Hall–Kier alpha value is -1.79. The van der Waals surface area contributed by atoms with Crippen molar-refractivity contribution < 1.29 is 4.92 Å². The van der Waals surface area contributed by atoms with Crippen LogP contribution in [0.2, 0.25) is 5.02 Å². The third-order valence-corrected chi connectivity index (χ3v) is 3.72. The fourth-order valence-corrected chi connectivity index (χ4v) is 2.80. The Balaban J connectivity index is 2.28. The molecule has 0 fully saturated rings. The van der Waals surface area contributed by atoms with Crippen LogP contribution in [-0.4, -0.2) is 16.5 Å². The molecule has 2 aromatic rings. The van der Waals surface area contributed by atoms with Crippen LogP contribution in [0.4, 0.5) is 11.5 Å². The Labute approximate surface area is 131 Å². The van der Waals surface area contributed by atoms with Crippen molar-refractivity contribution in [1.82, 2.24) is 4.98 Å². The summed E-state index contributed by atoms with van der Waals surface area (Å²) in [7, 11) is 0. The maximum Gasteiger partial charge on any atom is 0.275 e. The van der Waals surface area contributed by atoms with E-state index in [1.54, 1.807) is 12.1 Å². The molecule has 0 aliphatic carbocycles. The summed E-state index contributed by atoms with van der Waals surface area (Å²) < 4.78 is 0. The van der Waals surface area contributed by atoms with Crippen LogP contribution in [0.25, 0.3) is 0 Å². The number of hydrogen-bond donors (Lipinski definition) is 1. The van der Waals surface area contributed by atoms with Gasteiger partial charge in [-0.1, -0.05) is 36.4 Å². The second kappa shape index (κ2) is 7.28. The lowest BCUT2D eigenvalue weighted by molar-refractivity contribution is -0.385. The van der Waals surface area contributed by atoms with Crippen LogP contribution in [0.3, 0.4) is 0 Å². The first-order valence-electron chi connectivity index (χ1n) is 6.42. The Kier molecular flexibility index (Phi) is 5.41. The number of nitrogens with one attached hydrogen (secondary N) is 1. The van der Waals surface area contributed by atoms with Crippen molar-refractivity contribution in [3.63, 3.8) is 0 Å². The van der Waals surface area contributed by atoms with E-state index in [1.807, 2.05) is 19.1 Å². The second-order valence-corrected chi connectivity index (χ2v) is 5.82. The summed E-state index contributed by atoms with van der Waals surface area (Å²) in [4.78, 5) is 15.9. The minimum absolute atomic E-state index is 0.0214. The summed E-state index contributed by atoms with van der Waals surface area (Å²) in [5.74, 6) is 0.510. The van der Waals surface area contributed by atoms with Crippen LogP contribution in [0.1, 0.15) is 13.3 Å². The number of pyridine rings is 1. The number of benzene rings is 1. The quantitative estimate of drug-likeness (QED) is 0.620. The third-order valence-electron chi connectivity index (χ3n) is 2.57. The van der Waals surface area contributed by atoms with Crippen molar-refractivity contribution in [2.75, 3.05) is 11.9 Å². The maximum absolute atomic E-state index is 11.0. The van der Waals surface area contributed by atoms with Gasteiger partial charge in [0.2, 0.25) is 0 Å². The minimum Gasteiger partial charge on any atom is -0.370 e. The van der Waals surface area contributed by atoms with Crippen molar-refractivity contribution >= 4 is 34.9 Å². The zero-order valence-corrected chi connectivity index (χ0v) is 12.9. The highest BCUT2D eigenvalue weighted by molar-refractivity contribution is 7.99. The molecule has 5 nitrogen and oxygen atoms in total. The normalized spacial score (nSPS) is 10.4. The second-order valence-electron chi connectivity index (χ2n) is 4.29. The van der Waals surface area contributed by atoms with Crippen LogP contribution in [0, 0.1) is 10.1 Å². The minimum atomic E-state index is -0.416. The fourth-order valence-electron chi connectivity index (χ4n) is 1.64. The summed E-state index contributed by atoms with van der Waals surface area (Å²) in [6.07, 6.45) is 0.918. The molecule has 0 aliphatic rings. The van der Waals surface area contributed by atoms with Crippen LogP contribution in [-0.2, 0) is 0 Å². The van der Waals surface area contributed by atoms with Crippen molar-refractivity contribution in [2.24, 2.45) is 0 Å². The summed E-state index contributed by atoms with van der Waals surface area (Å²) in [6.45, 7) is 2.74. The SMILES string of the molecule is CCCNc1cc([N+](=O)[O-])cc(Sc2cccc(Cl)c2)n1. The van der Waals surface area contributed by atoms with E-state index >= 15 is 0 Å². The van der Waals surface area contributed by atoms with E-state index in [0.717, 1.165) is 17.9 Å². The van der Waals surface area contributed by atoms with Gasteiger partial charge in [-0.25, -0.2) is 4.98 Å². The van der Waals surface area contributed by atoms with Crippen LogP contribution in [0.5, 0.6) is 0 Å². The summed E-state index contributed by atoms with van der Waals surface area (Å²) in [6, 6.07) is 10.2. The van der Waals surface area contributed by atoms with Gasteiger partial charge in [-0.15, -0.1) is 0 Å². The van der Waals surface area contributed by atoms with Gasteiger partial charge in [-0.05, 0) is 24.6 Å². The Morgan fingerprint density at radius 1 is 1.38 bits per heavy atom. The predicted octanol–water partition coefficient (Wildman–Crippen LogP) is 4.62. The molecule has 1 N–H and O–H groups in total. The molecular weight excluding hydrogens is 310 g/mol. The summed E-state index contributed by atoms with van der Waals surface area (Å²) in [5, 5.41) is 15.3. The number of nitrogens with zero attached hydrogens (tertiary/aromatic N) is 2. The zero-order chi connectivity index (χ0) is 15.2. The van der Waals surface area contributed by atoms with Crippen molar-refractivity contribution in [3.8, 4) is 0 Å². The van der Waals surface area contributed by atoms with Crippen molar-refractivity contribution in [1.29, 1.82) is 0 Å². The smallest absolute Gasteiger partial charge is 0.275 e. The first-order valence-corrected chi connectivity index (χ1v) is 7.61. The number of nitro groups is 1. The zero-order valence-electron chi connectivity index (χ0n) is 11.4. The van der Waals surface area contributed by atoms with E-state index in [0.29, 0.717) is 15.9 Å². The van der Waals surface area contributed by atoms with Gasteiger partial charge in [0.1, 0.15) is 10.8 Å². The molecule has 110 valence electrons. The molecule has 7 heteroatoms. The van der Waals surface area contributed by atoms with E-state index in [9.17, 15) is 10.1 Å². The molecular formula is C14H14ClN3O2S. The van der Waals surface area contributed by atoms with E-state index in [1.165, 1.54) is 23.9 Å². The average molecular weight is 324 g/mol. The van der Waals surface area contributed by atoms with E-state index in [-0.39, 0.29) is 5.69 Å². The average Bonchev–Trinajstić information content (AvgIpc) is 2.45. The summed E-state index contributed by atoms with van der Waals surface area (Å²) in [5.41, 5.74) is 0.0214. The molecule has 0 radical (unpaired) electrons. The van der Waals surface area contributed by atoms with Gasteiger partial charge in [0.05, 0.1) is 11.0 Å². The van der Waals surface area contributed by atoms with Gasteiger partial charge in [-0.2, -0.15) is 0 Å². The molecule has 0 bridgehead atoms. The molecule has 0 aliphatic heterocycles. The van der Waals surface area contributed by atoms with Crippen LogP contribution < -0.4 is 5.32 Å². The number of rotatable bonds is 6. The highest BCUT2D eigenvalue weighted by Gasteiger charge is 2.12. The Morgan fingerprint density at radius 3 is 2.86 bits per heavy atom. The van der Waals surface area contributed by atoms with Gasteiger partial charge in [0, 0.05) is 22.5 Å². The van der Waals surface area contributed by atoms with Gasteiger partial charge in [0.15, 0.2) is 0 Å². The Morgan fingerprint density at radius 2 is 2.19 bits per heavy atom. The lowest BCUT2D eigenvalue weighted by Gasteiger charge is -2.07. The van der Waals surface area contributed by atoms with Gasteiger partial charge >= 0.3 is 0 Å². The van der Waals surface area contributed by atoms with Crippen molar-refractivity contribution in [2.45, 2.75) is 23.3 Å². The van der Waals surface area contributed by atoms with Gasteiger partial charge in [0.25, 0.3) is 5.69 Å². The standard InChI is InChI=1S/C14H14ClN3O2S/c1-2-6-16-13-8-11(18(19)20)9-14(17-13)21-12-5-3-4-10(15)7-12/h3-5,7-9H,2,6H2,1H3,(H,16,17). The third kappa shape index (κ3) is 4.61. The highest BCUT2D eigenvalue weighted by atomic mass is 35.5. The molecule has 1 aromatic heterocycles. The summed E-state index contributed by atoms with van der Waals surface area (Å²) >= 11 is 7.28. The molecule has 0 spiro atoms. The maximum atomic E-state index is 11.0. The number of anilines is 1. The largest absolute Gasteiger partial charge is 0.370 e. The van der Waals surface area contributed by atoms with E-state index < -0.39 is 4.92 Å². The lowest BCUT2D eigenvalue weighted by Crippen LogP contribution is -2.03. The topological polar surface area (TPSA) is 68.1 Å². The van der Waals surface area contributed by atoms with Crippen LogP contribution in [0.15, 0.2) is 46.3 Å². The van der Waals surface area contributed by atoms with E-state index in [2.05, 4.69) is 10.3 Å². The number of aromatic nitrogens is 1. The van der Waals surface area contributed by atoms with Crippen LogP contribution >= 0.6 is 23.4 Å². The molecule has 0 amide bonds. The molecule has 1 heterocycles.